The summed E-state index contributed by atoms with van der Waals surface area (Å²) < 4.78 is 2.01. The smallest absolute Gasteiger partial charge is 0.137 e. The normalized spacial score (nSPS) is 10.8. The lowest BCUT2D eigenvalue weighted by molar-refractivity contribution is 1.08. The van der Waals surface area contributed by atoms with Crippen LogP contribution in [0, 0.1) is 6.92 Å². The minimum absolute atomic E-state index is 0.658. The van der Waals surface area contributed by atoms with Crippen molar-refractivity contribution in [3.8, 4) is 0 Å². The SMILES string of the molecule is Cc1ccc(Cl)c(NCc2cn3ccccc3n2)c1. The maximum absolute atomic E-state index is 6.15. The van der Waals surface area contributed by atoms with Crippen LogP contribution in [-0.2, 0) is 6.54 Å². The first kappa shape index (κ1) is 12.1. The van der Waals surface area contributed by atoms with Gasteiger partial charge in [0.2, 0.25) is 0 Å². The number of anilines is 1. The Morgan fingerprint density at radius 3 is 3.00 bits per heavy atom. The van der Waals surface area contributed by atoms with Gasteiger partial charge < -0.3 is 9.72 Å². The molecular formula is C15H14ClN3. The summed E-state index contributed by atoms with van der Waals surface area (Å²) in [4.78, 5) is 4.54. The third-order valence-corrected chi connectivity index (χ3v) is 3.33. The van der Waals surface area contributed by atoms with Gasteiger partial charge in [-0.1, -0.05) is 23.7 Å². The minimum Gasteiger partial charge on any atom is -0.378 e. The number of halogens is 1. The molecule has 0 aliphatic heterocycles. The Morgan fingerprint density at radius 1 is 1.26 bits per heavy atom. The van der Waals surface area contributed by atoms with Crippen LogP contribution in [0.2, 0.25) is 5.02 Å². The second-order valence-electron chi connectivity index (χ2n) is 4.54. The van der Waals surface area contributed by atoms with Gasteiger partial charge in [-0.3, -0.25) is 0 Å². The number of benzene rings is 1. The highest BCUT2D eigenvalue weighted by Gasteiger charge is 2.03. The quantitative estimate of drug-likeness (QED) is 0.783. The molecule has 0 fully saturated rings. The second kappa shape index (κ2) is 4.94. The summed E-state index contributed by atoms with van der Waals surface area (Å²) in [7, 11) is 0. The Labute approximate surface area is 116 Å². The van der Waals surface area contributed by atoms with E-state index in [-0.39, 0.29) is 0 Å². The summed E-state index contributed by atoms with van der Waals surface area (Å²) in [5.41, 5.74) is 4.07. The van der Waals surface area contributed by atoms with E-state index in [2.05, 4.69) is 10.3 Å². The van der Waals surface area contributed by atoms with E-state index in [0.29, 0.717) is 6.54 Å². The van der Waals surface area contributed by atoms with Crippen molar-refractivity contribution in [2.45, 2.75) is 13.5 Å². The second-order valence-corrected chi connectivity index (χ2v) is 4.94. The average molecular weight is 272 g/mol. The lowest BCUT2D eigenvalue weighted by Gasteiger charge is -2.07. The van der Waals surface area contributed by atoms with Gasteiger partial charge in [0.25, 0.3) is 0 Å². The van der Waals surface area contributed by atoms with Crippen molar-refractivity contribution in [2.24, 2.45) is 0 Å². The molecule has 96 valence electrons. The molecule has 1 N–H and O–H groups in total. The monoisotopic (exact) mass is 271 g/mol. The number of nitrogens with one attached hydrogen (secondary N) is 1. The first-order valence-electron chi connectivity index (χ1n) is 6.15. The van der Waals surface area contributed by atoms with Crippen molar-refractivity contribution >= 4 is 22.9 Å². The van der Waals surface area contributed by atoms with Gasteiger partial charge in [0.05, 0.1) is 22.9 Å². The zero-order valence-electron chi connectivity index (χ0n) is 10.6. The Morgan fingerprint density at radius 2 is 2.16 bits per heavy atom. The molecule has 0 atom stereocenters. The lowest BCUT2D eigenvalue weighted by Crippen LogP contribution is -2.00. The number of hydrogen-bond donors (Lipinski definition) is 1. The van der Waals surface area contributed by atoms with Crippen LogP contribution in [0.25, 0.3) is 5.65 Å². The summed E-state index contributed by atoms with van der Waals surface area (Å²) in [6.07, 6.45) is 4.01. The van der Waals surface area contributed by atoms with Crippen LogP contribution in [0.15, 0.2) is 48.8 Å². The first-order chi connectivity index (χ1) is 9.22. The molecule has 0 saturated heterocycles. The summed E-state index contributed by atoms with van der Waals surface area (Å²) in [5.74, 6) is 0. The molecule has 0 bridgehead atoms. The number of imidazole rings is 1. The summed E-state index contributed by atoms with van der Waals surface area (Å²) in [5, 5.41) is 4.05. The highest BCUT2D eigenvalue weighted by molar-refractivity contribution is 6.33. The third-order valence-electron chi connectivity index (χ3n) is 3.00. The molecular weight excluding hydrogens is 258 g/mol. The summed E-state index contributed by atoms with van der Waals surface area (Å²) in [6, 6.07) is 11.9. The largest absolute Gasteiger partial charge is 0.378 e. The fourth-order valence-corrected chi connectivity index (χ4v) is 2.22. The topological polar surface area (TPSA) is 29.3 Å². The molecule has 0 unspecified atom stereocenters. The van der Waals surface area contributed by atoms with E-state index in [1.165, 1.54) is 5.56 Å². The van der Waals surface area contributed by atoms with Gasteiger partial charge in [-0.2, -0.15) is 0 Å². The van der Waals surface area contributed by atoms with E-state index in [4.69, 9.17) is 11.6 Å². The third kappa shape index (κ3) is 2.56. The highest BCUT2D eigenvalue weighted by Crippen LogP contribution is 2.23. The number of nitrogens with zero attached hydrogens (tertiary/aromatic N) is 2. The first-order valence-corrected chi connectivity index (χ1v) is 6.53. The van der Waals surface area contributed by atoms with Gasteiger partial charge in [0, 0.05) is 12.4 Å². The van der Waals surface area contributed by atoms with E-state index in [1.54, 1.807) is 0 Å². The fraction of sp³-hybridized carbons (Fsp3) is 0.133. The van der Waals surface area contributed by atoms with Gasteiger partial charge in [0.15, 0.2) is 0 Å². The molecule has 4 heteroatoms. The van der Waals surface area contributed by atoms with Crippen molar-refractivity contribution in [3.05, 3.63) is 65.1 Å². The number of rotatable bonds is 3. The minimum atomic E-state index is 0.658. The lowest BCUT2D eigenvalue weighted by atomic mass is 10.2. The Hall–Kier alpha value is -2.00. The highest BCUT2D eigenvalue weighted by atomic mass is 35.5. The zero-order chi connectivity index (χ0) is 13.2. The number of aryl methyl sites for hydroxylation is 1. The van der Waals surface area contributed by atoms with Crippen LogP contribution in [-0.4, -0.2) is 9.38 Å². The van der Waals surface area contributed by atoms with Gasteiger partial charge >= 0.3 is 0 Å². The molecule has 2 aromatic heterocycles. The summed E-state index contributed by atoms with van der Waals surface area (Å²) in [6.45, 7) is 2.71. The van der Waals surface area contributed by atoms with Crippen molar-refractivity contribution in [1.29, 1.82) is 0 Å². The fourth-order valence-electron chi connectivity index (χ4n) is 2.03. The van der Waals surface area contributed by atoms with Crippen LogP contribution in [0.1, 0.15) is 11.3 Å². The van der Waals surface area contributed by atoms with Gasteiger partial charge in [-0.25, -0.2) is 4.98 Å². The molecule has 3 aromatic rings. The molecule has 0 aliphatic rings. The molecule has 19 heavy (non-hydrogen) atoms. The molecule has 0 amide bonds. The van der Waals surface area contributed by atoms with Crippen molar-refractivity contribution < 1.29 is 0 Å². The van der Waals surface area contributed by atoms with Crippen LogP contribution in [0.5, 0.6) is 0 Å². The van der Waals surface area contributed by atoms with Crippen molar-refractivity contribution in [2.75, 3.05) is 5.32 Å². The van der Waals surface area contributed by atoms with Gasteiger partial charge in [-0.15, -0.1) is 0 Å². The molecule has 0 saturated carbocycles. The molecule has 1 aromatic carbocycles. The molecule has 3 nitrogen and oxygen atoms in total. The Kier molecular flexibility index (Phi) is 3.13. The molecule has 0 aliphatic carbocycles. The van der Waals surface area contributed by atoms with Crippen LogP contribution in [0.4, 0.5) is 5.69 Å². The van der Waals surface area contributed by atoms with Crippen LogP contribution < -0.4 is 5.32 Å². The predicted molar refractivity (Wildman–Crippen MR) is 78.7 cm³/mol. The van der Waals surface area contributed by atoms with Crippen molar-refractivity contribution in [1.82, 2.24) is 9.38 Å². The van der Waals surface area contributed by atoms with Crippen molar-refractivity contribution in [3.63, 3.8) is 0 Å². The number of pyridine rings is 1. The predicted octanol–water partition coefficient (Wildman–Crippen LogP) is 3.91. The average Bonchev–Trinajstić information content (AvgIpc) is 2.82. The number of fused-ring (bicyclic) bond motifs is 1. The molecule has 0 radical (unpaired) electrons. The summed E-state index contributed by atoms with van der Waals surface area (Å²) >= 11 is 6.15. The number of aromatic nitrogens is 2. The van der Waals surface area contributed by atoms with E-state index in [1.807, 2.05) is 60.1 Å². The van der Waals surface area contributed by atoms with Gasteiger partial charge in [0.1, 0.15) is 5.65 Å². The van der Waals surface area contributed by atoms with E-state index in [0.717, 1.165) is 22.1 Å². The maximum Gasteiger partial charge on any atom is 0.137 e. The van der Waals surface area contributed by atoms with Gasteiger partial charge in [-0.05, 0) is 36.8 Å². The van der Waals surface area contributed by atoms with E-state index < -0.39 is 0 Å². The molecule has 2 heterocycles. The molecule has 0 spiro atoms. The maximum atomic E-state index is 6.15. The number of hydrogen-bond acceptors (Lipinski definition) is 2. The van der Waals surface area contributed by atoms with Crippen LogP contribution in [0.3, 0.4) is 0 Å². The van der Waals surface area contributed by atoms with E-state index in [9.17, 15) is 0 Å². The Bertz CT molecular complexity index is 685. The van der Waals surface area contributed by atoms with Crippen LogP contribution >= 0.6 is 11.6 Å². The molecule has 3 rings (SSSR count). The standard InChI is InChI=1S/C15H14ClN3/c1-11-5-6-13(16)14(8-11)17-9-12-10-19-7-3-2-4-15(19)18-12/h2-8,10,17H,9H2,1H3. The zero-order valence-corrected chi connectivity index (χ0v) is 11.4. The van der Waals surface area contributed by atoms with E-state index >= 15 is 0 Å². The Balaban J connectivity index is 1.80.